The molecule has 0 saturated carbocycles. The Hall–Kier alpha value is -3.16. The molecule has 3 rings (SSSR count). The number of benzene rings is 2. The molecule has 5 nitrogen and oxygen atoms in total. The summed E-state index contributed by atoms with van der Waals surface area (Å²) in [6.07, 6.45) is -2.82. The topological polar surface area (TPSA) is 64.0 Å². The molecule has 0 unspecified atom stereocenters. The summed E-state index contributed by atoms with van der Waals surface area (Å²) in [5, 5.41) is 2.94. The van der Waals surface area contributed by atoms with Crippen molar-refractivity contribution < 1.29 is 18.0 Å². The van der Waals surface area contributed by atoms with Crippen molar-refractivity contribution in [3.8, 4) is 0 Å². The van der Waals surface area contributed by atoms with E-state index in [1.165, 1.54) is 23.0 Å². The van der Waals surface area contributed by atoms with Gasteiger partial charge >= 0.3 is 6.18 Å². The van der Waals surface area contributed by atoms with E-state index in [-0.39, 0.29) is 11.2 Å². The second-order valence-electron chi connectivity index (χ2n) is 5.96. The van der Waals surface area contributed by atoms with Crippen LogP contribution in [0.25, 0.3) is 10.9 Å². The van der Waals surface area contributed by atoms with Gasteiger partial charge < -0.3 is 5.32 Å². The summed E-state index contributed by atoms with van der Waals surface area (Å²) < 4.78 is 39.1. The van der Waals surface area contributed by atoms with E-state index in [1.807, 2.05) is 0 Å². The van der Waals surface area contributed by atoms with Gasteiger partial charge in [0, 0.05) is 5.69 Å². The van der Waals surface area contributed by atoms with Crippen LogP contribution in [0.2, 0.25) is 0 Å². The van der Waals surface area contributed by atoms with Gasteiger partial charge in [-0.1, -0.05) is 19.1 Å². The third-order valence-corrected chi connectivity index (χ3v) is 4.20. The number of carbonyl (C=O) groups excluding carboxylic acids is 1. The number of rotatable bonds is 4. The quantitative estimate of drug-likeness (QED) is 0.750. The predicted molar refractivity (Wildman–Crippen MR) is 95.4 cm³/mol. The van der Waals surface area contributed by atoms with E-state index >= 15 is 0 Å². The zero-order valence-corrected chi connectivity index (χ0v) is 14.3. The fourth-order valence-electron chi connectivity index (χ4n) is 2.78. The van der Waals surface area contributed by atoms with E-state index in [1.54, 1.807) is 31.2 Å². The Bertz CT molecular complexity index is 1030. The van der Waals surface area contributed by atoms with Crippen molar-refractivity contribution in [1.82, 2.24) is 9.55 Å². The molecule has 1 atom stereocenters. The molecule has 0 aliphatic rings. The van der Waals surface area contributed by atoms with Gasteiger partial charge in [-0.05, 0) is 42.8 Å². The van der Waals surface area contributed by atoms with Crippen LogP contribution in [0.3, 0.4) is 0 Å². The number of alkyl halides is 3. The number of carbonyl (C=O) groups is 1. The number of nitrogens with zero attached hydrogens (tertiary/aromatic N) is 2. The average molecular weight is 375 g/mol. The maximum atomic E-state index is 12.7. The Morgan fingerprint density at radius 1 is 1.15 bits per heavy atom. The molecular formula is C19H16F3N3O2. The molecule has 8 heteroatoms. The van der Waals surface area contributed by atoms with Crippen LogP contribution in [0.4, 0.5) is 18.9 Å². The summed E-state index contributed by atoms with van der Waals surface area (Å²) in [6.45, 7) is 1.73. The molecule has 1 N–H and O–H groups in total. The molecule has 1 heterocycles. The largest absolute Gasteiger partial charge is 0.416 e. The number of anilines is 1. The molecule has 3 aromatic rings. The minimum Gasteiger partial charge on any atom is -0.324 e. The lowest BCUT2D eigenvalue weighted by molar-refractivity contribution is -0.137. The fraction of sp³-hybridized carbons (Fsp3) is 0.211. The molecule has 0 radical (unpaired) electrons. The second kappa shape index (κ2) is 7.22. The number of para-hydroxylation sites is 1. The lowest BCUT2D eigenvalue weighted by atomic mass is 10.1. The van der Waals surface area contributed by atoms with Crippen molar-refractivity contribution in [2.75, 3.05) is 5.32 Å². The van der Waals surface area contributed by atoms with Crippen molar-refractivity contribution >= 4 is 22.5 Å². The normalized spacial score (nSPS) is 12.7. The number of fused-ring (bicyclic) bond motifs is 1. The number of amides is 1. The van der Waals surface area contributed by atoms with Gasteiger partial charge in [-0.15, -0.1) is 0 Å². The third-order valence-electron chi connectivity index (χ3n) is 4.20. The summed E-state index contributed by atoms with van der Waals surface area (Å²) in [4.78, 5) is 29.4. The summed E-state index contributed by atoms with van der Waals surface area (Å²) in [7, 11) is 0. The zero-order chi connectivity index (χ0) is 19.6. The zero-order valence-electron chi connectivity index (χ0n) is 14.3. The first kappa shape index (κ1) is 18.6. The molecule has 0 saturated heterocycles. The highest BCUT2D eigenvalue weighted by Gasteiger charge is 2.30. The standard InChI is InChI=1S/C19H16F3N3O2/c1-2-16(25-11-23-15-6-4-3-5-14(15)18(25)27)17(26)24-13-9-7-12(8-10-13)19(20,21)22/h3-11,16H,2H2,1H3,(H,24,26)/t16-/m1/s1. The van der Waals surface area contributed by atoms with Crippen molar-refractivity contribution in [2.24, 2.45) is 0 Å². The summed E-state index contributed by atoms with van der Waals surface area (Å²) in [5.41, 5.74) is -0.414. The van der Waals surface area contributed by atoms with Gasteiger partial charge in [0.1, 0.15) is 6.04 Å². The van der Waals surface area contributed by atoms with Gasteiger partial charge in [-0.2, -0.15) is 13.2 Å². The minimum atomic E-state index is -4.45. The molecule has 0 aliphatic carbocycles. The second-order valence-corrected chi connectivity index (χ2v) is 5.96. The van der Waals surface area contributed by atoms with Crippen LogP contribution in [0.5, 0.6) is 0 Å². The maximum Gasteiger partial charge on any atom is 0.416 e. The average Bonchev–Trinajstić information content (AvgIpc) is 2.64. The van der Waals surface area contributed by atoms with E-state index in [0.29, 0.717) is 17.3 Å². The van der Waals surface area contributed by atoms with Gasteiger partial charge in [0.15, 0.2) is 0 Å². The van der Waals surface area contributed by atoms with Crippen LogP contribution >= 0.6 is 0 Å². The summed E-state index contributed by atoms with van der Waals surface area (Å²) in [6, 6.07) is 10.1. The number of hydrogen-bond acceptors (Lipinski definition) is 3. The van der Waals surface area contributed by atoms with E-state index in [4.69, 9.17) is 0 Å². The van der Waals surface area contributed by atoms with Crippen molar-refractivity contribution in [1.29, 1.82) is 0 Å². The molecule has 0 bridgehead atoms. The number of nitrogens with one attached hydrogen (secondary N) is 1. The van der Waals surface area contributed by atoms with Crippen LogP contribution in [0, 0.1) is 0 Å². The first-order valence-electron chi connectivity index (χ1n) is 8.25. The highest BCUT2D eigenvalue weighted by atomic mass is 19.4. The van der Waals surface area contributed by atoms with Gasteiger partial charge in [-0.25, -0.2) is 4.98 Å². The van der Waals surface area contributed by atoms with Crippen molar-refractivity contribution in [2.45, 2.75) is 25.6 Å². The summed E-state index contributed by atoms with van der Waals surface area (Å²) >= 11 is 0. The van der Waals surface area contributed by atoms with Crippen LogP contribution in [-0.2, 0) is 11.0 Å². The monoisotopic (exact) mass is 375 g/mol. The molecule has 0 aliphatic heterocycles. The Labute approximate surface area is 152 Å². The maximum absolute atomic E-state index is 12.7. The summed E-state index contributed by atoms with van der Waals surface area (Å²) in [5.74, 6) is -0.503. The smallest absolute Gasteiger partial charge is 0.324 e. The van der Waals surface area contributed by atoms with Gasteiger partial charge in [0.2, 0.25) is 5.91 Å². The molecule has 27 heavy (non-hydrogen) atoms. The molecular weight excluding hydrogens is 359 g/mol. The Kier molecular flexibility index (Phi) is 4.98. The molecule has 2 aromatic carbocycles. The Morgan fingerprint density at radius 2 is 1.81 bits per heavy atom. The minimum absolute atomic E-state index is 0.216. The highest BCUT2D eigenvalue weighted by molar-refractivity contribution is 5.94. The first-order valence-corrected chi connectivity index (χ1v) is 8.25. The molecule has 140 valence electrons. The highest BCUT2D eigenvalue weighted by Crippen LogP contribution is 2.30. The van der Waals surface area contributed by atoms with Crippen molar-refractivity contribution in [3.05, 3.63) is 70.8 Å². The van der Waals surface area contributed by atoms with E-state index in [9.17, 15) is 22.8 Å². The van der Waals surface area contributed by atoms with E-state index in [2.05, 4.69) is 10.3 Å². The molecule has 0 fully saturated rings. The fourth-order valence-corrected chi connectivity index (χ4v) is 2.78. The van der Waals surface area contributed by atoms with E-state index in [0.717, 1.165) is 12.1 Å². The Morgan fingerprint density at radius 3 is 2.44 bits per heavy atom. The number of halogens is 3. The predicted octanol–water partition coefficient (Wildman–Crippen LogP) is 4.01. The number of hydrogen-bond donors (Lipinski definition) is 1. The third kappa shape index (κ3) is 3.84. The van der Waals surface area contributed by atoms with Crippen LogP contribution in [-0.4, -0.2) is 15.5 Å². The number of aromatic nitrogens is 2. The molecule has 1 aromatic heterocycles. The first-order chi connectivity index (χ1) is 12.8. The lowest BCUT2D eigenvalue weighted by Gasteiger charge is -2.18. The van der Waals surface area contributed by atoms with Crippen molar-refractivity contribution in [3.63, 3.8) is 0 Å². The Balaban J connectivity index is 1.87. The lowest BCUT2D eigenvalue weighted by Crippen LogP contribution is -2.33. The van der Waals surface area contributed by atoms with Gasteiger partial charge in [0.25, 0.3) is 5.56 Å². The van der Waals surface area contributed by atoms with Crippen LogP contribution in [0.1, 0.15) is 24.9 Å². The van der Waals surface area contributed by atoms with Crippen LogP contribution in [0.15, 0.2) is 59.7 Å². The van der Waals surface area contributed by atoms with Crippen LogP contribution < -0.4 is 10.9 Å². The van der Waals surface area contributed by atoms with E-state index < -0.39 is 23.7 Å². The van der Waals surface area contributed by atoms with Gasteiger partial charge in [0.05, 0.1) is 22.8 Å². The molecule has 0 spiro atoms. The van der Waals surface area contributed by atoms with Gasteiger partial charge in [-0.3, -0.25) is 14.2 Å². The SMILES string of the molecule is CC[C@H](C(=O)Nc1ccc(C(F)(F)F)cc1)n1cnc2ccccc2c1=O. The molecule has 1 amide bonds.